The molecule has 0 aromatic carbocycles. The fraction of sp³-hybridized carbons (Fsp3) is 0.583. The zero-order valence-corrected chi connectivity index (χ0v) is 11.1. The van der Waals surface area contributed by atoms with Crippen LogP contribution in [0.4, 0.5) is 13.2 Å². The van der Waals surface area contributed by atoms with Crippen LogP contribution in [0.5, 0.6) is 0 Å². The number of hydrogen-bond acceptors (Lipinski definition) is 4. The summed E-state index contributed by atoms with van der Waals surface area (Å²) in [6.07, 6.45) is -4.54. The van der Waals surface area contributed by atoms with Crippen LogP contribution in [0.25, 0.3) is 0 Å². The molecule has 1 atom stereocenters. The first-order valence-corrected chi connectivity index (χ1v) is 6.07. The van der Waals surface area contributed by atoms with Crippen molar-refractivity contribution in [3.05, 3.63) is 23.3 Å². The molecule has 0 saturated carbocycles. The number of halogens is 3. The van der Waals surface area contributed by atoms with E-state index in [2.05, 4.69) is 9.97 Å². The van der Waals surface area contributed by atoms with E-state index < -0.39 is 17.9 Å². The van der Waals surface area contributed by atoms with Gasteiger partial charge in [-0.2, -0.15) is 13.2 Å². The first-order valence-electron chi connectivity index (χ1n) is 6.07. The highest BCUT2D eigenvalue weighted by atomic mass is 19.4. The van der Waals surface area contributed by atoms with E-state index in [0.717, 1.165) is 6.07 Å². The van der Waals surface area contributed by atoms with Gasteiger partial charge in [-0.1, -0.05) is 0 Å². The number of ether oxygens (including phenoxy) is 1. The highest BCUT2D eigenvalue weighted by molar-refractivity contribution is 5.73. The van der Waals surface area contributed by atoms with Gasteiger partial charge in [-0.05, 0) is 13.0 Å². The lowest BCUT2D eigenvalue weighted by molar-refractivity contribution is -0.142. The van der Waals surface area contributed by atoms with Gasteiger partial charge in [0, 0.05) is 19.2 Å². The van der Waals surface area contributed by atoms with Crippen LogP contribution in [0.15, 0.2) is 6.07 Å². The predicted molar refractivity (Wildman–Crippen MR) is 62.7 cm³/mol. The minimum Gasteiger partial charge on any atom is -0.377 e. The molecular formula is C12H14F3N3O2. The molecule has 1 fully saturated rings. The molecule has 20 heavy (non-hydrogen) atoms. The van der Waals surface area contributed by atoms with E-state index in [1.165, 1.54) is 18.7 Å². The van der Waals surface area contributed by atoms with Gasteiger partial charge in [0.25, 0.3) is 0 Å². The highest BCUT2D eigenvalue weighted by Crippen LogP contribution is 2.30. The van der Waals surface area contributed by atoms with Gasteiger partial charge in [-0.25, -0.2) is 9.97 Å². The number of morpholine rings is 1. The monoisotopic (exact) mass is 289 g/mol. The second kappa shape index (κ2) is 5.35. The number of alkyl halides is 3. The molecule has 1 saturated heterocycles. The smallest absolute Gasteiger partial charge is 0.377 e. The third kappa shape index (κ3) is 3.06. The number of aryl methyl sites for hydroxylation is 1. The van der Waals surface area contributed by atoms with Crippen LogP contribution < -0.4 is 0 Å². The van der Waals surface area contributed by atoms with Crippen molar-refractivity contribution in [1.29, 1.82) is 0 Å². The molecule has 1 aromatic heterocycles. The Labute approximate surface area is 113 Å². The number of carbonyl (C=O) groups excluding carboxylic acids is 1. The summed E-state index contributed by atoms with van der Waals surface area (Å²) in [5, 5.41) is 0. The fourth-order valence-electron chi connectivity index (χ4n) is 2.08. The maximum absolute atomic E-state index is 12.8. The minimum atomic E-state index is -4.54. The number of rotatable bonds is 1. The predicted octanol–water partition coefficient (Wildman–Crippen LogP) is 1.72. The molecule has 0 unspecified atom stereocenters. The Balaban J connectivity index is 2.40. The molecule has 1 amide bonds. The van der Waals surface area contributed by atoms with Gasteiger partial charge < -0.3 is 9.64 Å². The van der Waals surface area contributed by atoms with Gasteiger partial charge in [-0.3, -0.25) is 4.79 Å². The Hall–Kier alpha value is -1.70. The Kier molecular flexibility index (Phi) is 3.94. The average molecular weight is 289 g/mol. The van der Waals surface area contributed by atoms with Gasteiger partial charge in [-0.15, -0.1) is 0 Å². The summed E-state index contributed by atoms with van der Waals surface area (Å²) in [7, 11) is 0. The summed E-state index contributed by atoms with van der Waals surface area (Å²) in [6, 6.07) is 0.202. The molecule has 8 heteroatoms. The number of aromatic nitrogens is 2. The van der Waals surface area contributed by atoms with E-state index in [0.29, 0.717) is 13.2 Å². The van der Waals surface area contributed by atoms with E-state index in [4.69, 9.17) is 4.74 Å². The lowest BCUT2D eigenvalue weighted by atomic mass is 10.2. The summed E-state index contributed by atoms with van der Waals surface area (Å²) in [6.45, 7) is 3.59. The van der Waals surface area contributed by atoms with Gasteiger partial charge >= 0.3 is 6.18 Å². The molecule has 0 N–H and O–H groups in total. The molecule has 0 aliphatic carbocycles. The van der Waals surface area contributed by atoms with E-state index in [9.17, 15) is 18.0 Å². The van der Waals surface area contributed by atoms with Crippen LogP contribution in [-0.4, -0.2) is 40.5 Å². The summed E-state index contributed by atoms with van der Waals surface area (Å²) >= 11 is 0. The number of hydrogen-bond donors (Lipinski definition) is 0. The molecule has 1 aliphatic heterocycles. The molecule has 1 aromatic rings. The Morgan fingerprint density at radius 1 is 1.45 bits per heavy atom. The molecule has 0 radical (unpaired) electrons. The summed E-state index contributed by atoms with van der Waals surface area (Å²) < 4.78 is 43.5. The lowest BCUT2D eigenvalue weighted by Gasteiger charge is -2.34. The molecule has 2 heterocycles. The SMILES string of the molecule is CC(=O)N1CCOC[C@@H]1c1nc(C)cc(C(F)(F)F)n1. The summed E-state index contributed by atoms with van der Waals surface area (Å²) in [4.78, 5) is 20.5. The van der Waals surface area contributed by atoms with Crippen LogP contribution in [0, 0.1) is 6.92 Å². The quantitative estimate of drug-likeness (QED) is 0.790. The van der Waals surface area contributed by atoms with Crippen molar-refractivity contribution >= 4 is 5.91 Å². The van der Waals surface area contributed by atoms with Crippen LogP contribution in [-0.2, 0) is 15.7 Å². The van der Waals surface area contributed by atoms with Crippen molar-refractivity contribution in [1.82, 2.24) is 14.9 Å². The van der Waals surface area contributed by atoms with E-state index in [1.807, 2.05) is 0 Å². The highest BCUT2D eigenvalue weighted by Gasteiger charge is 2.36. The van der Waals surface area contributed by atoms with Crippen molar-refractivity contribution in [2.24, 2.45) is 0 Å². The second-order valence-corrected chi connectivity index (χ2v) is 4.55. The van der Waals surface area contributed by atoms with Gasteiger partial charge in [0.1, 0.15) is 11.7 Å². The van der Waals surface area contributed by atoms with Crippen LogP contribution in [0.2, 0.25) is 0 Å². The van der Waals surface area contributed by atoms with Gasteiger partial charge in [0.2, 0.25) is 5.91 Å². The van der Waals surface area contributed by atoms with Crippen molar-refractivity contribution in [3.8, 4) is 0 Å². The third-order valence-electron chi connectivity index (χ3n) is 2.99. The topological polar surface area (TPSA) is 55.3 Å². The maximum Gasteiger partial charge on any atom is 0.433 e. The van der Waals surface area contributed by atoms with E-state index >= 15 is 0 Å². The second-order valence-electron chi connectivity index (χ2n) is 4.55. The van der Waals surface area contributed by atoms with Gasteiger partial charge in [0.05, 0.1) is 13.2 Å². The van der Waals surface area contributed by atoms with Gasteiger partial charge in [0.15, 0.2) is 5.82 Å². The zero-order chi connectivity index (χ0) is 14.9. The van der Waals surface area contributed by atoms with Crippen molar-refractivity contribution < 1.29 is 22.7 Å². The fourth-order valence-corrected chi connectivity index (χ4v) is 2.08. The van der Waals surface area contributed by atoms with Crippen molar-refractivity contribution in [2.75, 3.05) is 19.8 Å². The Bertz CT molecular complexity index is 519. The third-order valence-corrected chi connectivity index (χ3v) is 2.99. The number of nitrogens with zero attached hydrogens (tertiary/aromatic N) is 3. The standard InChI is InChI=1S/C12H14F3N3O2/c1-7-5-10(12(13,14)15)17-11(16-7)9-6-20-4-3-18(9)8(2)19/h5,9H,3-4,6H2,1-2H3/t9-/m1/s1. The van der Waals surface area contributed by atoms with Crippen molar-refractivity contribution in [2.45, 2.75) is 26.1 Å². The van der Waals surface area contributed by atoms with Crippen molar-refractivity contribution in [3.63, 3.8) is 0 Å². The van der Waals surface area contributed by atoms with Crippen LogP contribution >= 0.6 is 0 Å². The summed E-state index contributed by atoms with van der Waals surface area (Å²) in [5.74, 6) is -0.274. The van der Waals surface area contributed by atoms with E-state index in [-0.39, 0.29) is 24.0 Å². The lowest BCUT2D eigenvalue weighted by Crippen LogP contribution is -2.43. The molecular weight excluding hydrogens is 275 g/mol. The Morgan fingerprint density at radius 2 is 2.15 bits per heavy atom. The minimum absolute atomic E-state index is 0.0350. The molecule has 0 bridgehead atoms. The largest absolute Gasteiger partial charge is 0.433 e. The molecule has 1 aliphatic rings. The van der Waals surface area contributed by atoms with Crippen LogP contribution in [0.1, 0.15) is 30.2 Å². The van der Waals surface area contributed by atoms with Crippen LogP contribution in [0.3, 0.4) is 0 Å². The summed E-state index contributed by atoms with van der Waals surface area (Å²) in [5.41, 5.74) is -0.800. The molecule has 2 rings (SSSR count). The first-order chi connectivity index (χ1) is 9.29. The zero-order valence-electron chi connectivity index (χ0n) is 11.1. The molecule has 110 valence electrons. The number of carbonyl (C=O) groups is 1. The Morgan fingerprint density at radius 3 is 2.75 bits per heavy atom. The average Bonchev–Trinajstić information content (AvgIpc) is 2.37. The number of amides is 1. The van der Waals surface area contributed by atoms with E-state index in [1.54, 1.807) is 0 Å². The normalized spacial score (nSPS) is 20.1. The maximum atomic E-state index is 12.8. The molecule has 0 spiro atoms. The molecule has 5 nitrogen and oxygen atoms in total. The first kappa shape index (κ1) is 14.7.